The van der Waals surface area contributed by atoms with Crippen LogP contribution in [0.4, 0.5) is 0 Å². The van der Waals surface area contributed by atoms with Crippen LogP contribution < -0.4 is 10.0 Å². The highest BCUT2D eigenvalue weighted by molar-refractivity contribution is 7.89. The van der Waals surface area contributed by atoms with Gasteiger partial charge in [-0.05, 0) is 24.7 Å². The summed E-state index contributed by atoms with van der Waals surface area (Å²) < 4.78 is 31.6. The van der Waals surface area contributed by atoms with E-state index in [1.165, 1.54) is 13.5 Å². The number of nitrogens with one attached hydrogen (secondary N) is 2. The van der Waals surface area contributed by atoms with Crippen LogP contribution in [0.5, 0.6) is 0 Å². The fourth-order valence-electron chi connectivity index (χ4n) is 3.24. The maximum Gasteiger partial charge on any atom is 0.310 e. The molecule has 0 radical (unpaired) electrons. The molecule has 144 valence electrons. The molecule has 2 atom stereocenters. The summed E-state index contributed by atoms with van der Waals surface area (Å²) in [4.78, 5) is 18.0. The molecule has 25 heavy (non-hydrogen) atoms. The predicted octanol–water partition coefficient (Wildman–Crippen LogP) is 0.0222. The van der Waals surface area contributed by atoms with Crippen molar-refractivity contribution in [3.05, 3.63) is 0 Å². The largest absolute Gasteiger partial charge is 0.469 e. The van der Waals surface area contributed by atoms with Crippen molar-refractivity contribution in [1.82, 2.24) is 14.9 Å². The quantitative estimate of drug-likeness (QED) is 0.370. The van der Waals surface area contributed by atoms with Crippen molar-refractivity contribution >= 4 is 22.0 Å². The van der Waals surface area contributed by atoms with E-state index in [-0.39, 0.29) is 30.1 Å². The highest BCUT2D eigenvalue weighted by Gasteiger charge is 2.36. The normalized spacial score (nSPS) is 24.9. The smallest absolute Gasteiger partial charge is 0.310 e. The van der Waals surface area contributed by atoms with Crippen LogP contribution >= 0.6 is 0 Å². The number of aliphatic imine (C=N–C) groups is 1. The molecule has 2 N–H and O–H groups in total. The average Bonchev–Trinajstić information content (AvgIpc) is 2.90. The minimum absolute atomic E-state index is 0.00254. The van der Waals surface area contributed by atoms with Gasteiger partial charge in [0.1, 0.15) is 0 Å². The molecule has 0 bridgehead atoms. The highest BCUT2D eigenvalue weighted by Crippen LogP contribution is 2.25. The number of carbonyl (C=O) groups is 1. The summed E-state index contributed by atoms with van der Waals surface area (Å²) in [6.07, 6.45) is 3.43. The molecule has 9 heteroatoms. The van der Waals surface area contributed by atoms with E-state index in [1.54, 1.807) is 7.05 Å². The van der Waals surface area contributed by atoms with Crippen LogP contribution in [0.3, 0.4) is 0 Å². The molecule has 2 fully saturated rings. The third-order valence-corrected chi connectivity index (χ3v) is 6.45. The van der Waals surface area contributed by atoms with Crippen LogP contribution in [-0.2, 0) is 19.6 Å². The van der Waals surface area contributed by atoms with Gasteiger partial charge >= 0.3 is 5.97 Å². The van der Waals surface area contributed by atoms with Gasteiger partial charge in [0.2, 0.25) is 10.0 Å². The Morgan fingerprint density at radius 3 is 2.60 bits per heavy atom. The molecule has 0 aromatic heterocycles. The van der Waals surface area contributed by atoms with Crippen molar-refractivity contribution in [1.29, 1.82) is 0 Å². The molecule has 2 rings (SSSR count). The number of hydrogen-bond donors (Lipinski definition) is 2. The Balaban J connectivity index is 1.77. The van der Waals surface area contributed by atoms with E-state index in [9.17, 15) is 13.2 Å². The Bertz CT molecular complexity index is 589. The lowest BCUT2D eigenvalue weighted by molar-refractivity contribution is -0.145. The van der Waals surface area contributed by atoms with Gasteiger partial charge in [0.15, 0.2) is 5.96 Å². The molecular formula is C16H30N4O4S. The number of sulfonamides is 1. The number of carbonyl (C=O) groups excluding carboxylic acids is 1. The van der Waals surface area contributed by atoms with Crippen LogP contribution in [-0.4, -0.2) is 71.3 Å². The van der Waals surface area contributed by atoms with E-state index in [1.807, 2.05) is 11.8 Å². The molecule has 1 saturated carbocycles. The number of nitrogens with zero attached hydrogens (tertiary/aromatic N) is 2. The van der Waals surface area contributed by atoms with Crippen molar-refractivity contribution in [2.24, 2.45) is 22.7 Å². The maximum atomic E-state index is 12.0. The first-order valence-corrected chi connectivity index (χ1v) is 10.5. The van der Waals surface area contributed by atoms with Crippen molar-refractivity contribution < 1.29 is 17.9 Å². The van der Waals surface area contributed by atoms with Crippen LogP contribution in [0.2, 0.25) is 0 Å². The van der Waals surface area contributed by atoms with Gasteiger partial charge in [0.25, 0.3) is 0 Å². The van der Waals surface area contributed by atoms with Gasteiger partial charge in [-0.2, -0.15) is 0 Å². The van der Waals surface area contributed by atoms with E-state index >= 15 is 0 Å². The lowest BCUT2D eigenvalue weighted by Gasteiger charge is -2.25. The lowest BCUT2D eigenvalue weighted by atomic mass is 9.86. The number of hydrogen-bond acceptors (Lipinski definition) is 5. The predicted molar refractivity (Wildman–Crippen MR) is 96.7 cm³/mol. The number of methoxy groups -OCH3 is 1. The second-order valence-corrected chi connectivity index (χ2v) is 8.88. The van der Waals surface area contributed by atoms with E-state index in [0.717, 1.165) is 12.8 Å². The zero-order chi connectivity index (χ0) is 18.4. The summed E-state index contributed by atoms with van der Waals surface area (Å²) in [5.74, 6) is 0.885. The van der Waals surface area contributed by atoms with Gasteiger partial charge in [-0.15, -0.1) is 0 Å². The molecular weight excluding hydrogens is 344 g/mol. The minimum atomic E-state index is -3.28. The fourth-order valence-corrected chi connectivity index (χ4v) is 4.25. The van der Waals surface area contributed by atoms with E-state index in [4.69, 9.17) is 4.74 Å². The summed E-state index contributed by atoms with van der Waals surface area (Å²) in [6, 6.07) is 0. The third-order valence-electron chi connectivity index (χ3n) is 5.10. The summed E-state index contributed by atoms with van der Waals surface area (Å²) in [5, 5.41) is 3.09. The van der Waals surface area contributed by atoms with E-state index in [2.05, 4.69) is 15.0 Å². The first kappa shape index (κ1) is 20.0. The second kappa shape index (κ2) is 8.84. The highest BCUT2D eigenvalue weighted by atomic mass is 32.2. The number of guanidine groups is 1. The monoisotopic (exact) mass is 374 g/mol. The first-order valence-electron chi connectivity index (χ1n) is 8.87. The van der Waals surface area contributed by atoms with Gasteiger partial charge in [0, 0.05) is 33.2 Å². The van der Waals surface area contributed by atoms with E-state index in [0.29, 0.717) is 31.5 Å². The summed E-state index contributed by atoms with van der Waals surface area (Å²) in [6.45, 7) is 4.04. The standard InChI is InChI=1S/C16H30N4O4S/c1-12-10-20(11-14(12)15(21)24-3)16(17-2)18-7-8-25(22,23)19-9-13-5-4-6-13/h12-14,19H,4-11H2,1-3H3,(H,17,18). The molecule has 1 saturated heterocycles. The SMILES string of the molecule is CN=C(NCCS(=O)(=O)NCC1CCC1)N1CC(C)C(C(=O)OC)C1. The first-order chi connectivity index (χ1) is 11.9. The molecule has 8 nitrogen and oxygen atoms in total. The Hall–Kier alpha value is -1.35. The van der Waals surface area contributed by atoms with Gasteiger partial charge in [0.05, 0.1) is 18.8 Å². The van der Waals surface area contributed by atoms with Gasteiger partial charge in [-0.25, -0.2) is 13.1 Å². The number of esters is 1. The lowest BCUT2D eigenvalue weighted by Crippen LogP contribution is -2.43. The molecule has 1 aliphatic heterocycles. The number of likely N-dealkylation sites (tertiary alicyclic amines) is 1. The van der Waals surface area contributed by atoms with Gasteiger partial charge in [-0.3, -0.25) is 9.79 Å². The maximum absolute atomic E-state index is 12.0. The molecule has 0 amide bonds. The Labute approximate surface area is 150 Å². The second-order valence-electron chi connectivity index (χ2n) is 6.95. The van der Waals surface area contributed by atoms with Gasteiger partial charge < -0.3 is 15.0 Å². The third kappa shape index (κ3) is 5.57. The van der Waals surface area contributed by atoms with Gasteiger partial charge in [-0.1, -0.05) is 13.3 Å². The average molecular weight is 375 g/mol. The zero-order valence-corrected chi connectivity index (χ0v) is 16.1. The molecule has 0 spiro atoms. The summed E-state index contributed by atoms with van der Waals surface area (Å²) in [7, 11) is -0.230. The Morgan fingerprint density at radius 1 is 1.32 bits per heavy atom. The number of rotatable bonds is 7. The van der Waals surface area contributed by atoms with E-state index < -0.39 is 10.0 Å². The van der Waals surface area contributed by atoms with Crippen LogP contribution in [0, 0.1) is 17.8 Å². The summed E-state index contributed by atoms with van der Waals surface area (Å²) in [5.41, 5.74) is 0. The fraction of sp³-hybridized carbons (Fsp3) is 0.875. The minimum Gasteiger partial charge on any atom is -0.469 e. The zero-order valence-electron chi connectivity index (χ0n) is 15.3. The van der Waals surface area contributed by atoms with Crippen LogP contribution in [0.15, 0.2) is 4.99 Å². The van der Waals surface area contributed by atoms with Crippen molar-refractivity contribution in [2.75, 3.05) is 46.1 Å². The van der Waals surface area contributed by atoms with Crippen molar-refractivity contribution in [3.63, 3.8) is 0 Å². The van der Waals surface area contributed by atoms with Crippen LogP contribution in [0.1, 0.15) is 26.2 Å². The number of ether oxygens (including phenoxy) is 1. The van der Waals surface area contributed by atoms with Crippen molar-refractivity contribution in [2.45, 2.75) is 26.2 Å². The molecule has 0 aromatic carbocycles. The van der Waals surface area contributed by atoms with Crippen LogP contribution in [0.25, 0.3) is 0 Å². The van der Waals surface area contributed by atoms with Crippen molar-refractivity contribution in [3.8, 4) is 0 Å². The molecule has 2 aliphatic rings. The summed E-state index contributed by atoms with van der Waals surface area (Å²) >= 11 is 0. The molecule has 1 heterocycles. The molecule has 0 aromatic rings. The Kier molecular flexibility index (Phi) is 7.06. The topological polar surface area (TPSA) is 100 Å². The molecule has 1 aliphatic carbocycles. The Morgan fingerprint density at radius 2 is 2.04 bits per heavy atom. The molecule has 2 unspecified atom stereocenters.